The Morgan fingerprint density at radius 2 is 2.33 bits per heavy atom. The van der Waals surface area contributed by atoms with Crippen LogP contribution in [0.1, 0.15) is 11.4 Å². The number of H-pyrrole nitrogens is 1. The number of anilines is 1. The number of nitro groups is 1. The molecular formula is C10H10N4O3S. The average Bonchev–Trinajstić information content (AvgIpc) is 2.72. The summed E-state index contributed by atoms with van der Waals surface area (Å²) in [6, 6.07) is 2.98. The molecule has 0 atom stereocenters. The maximum Gasteiger partial charge on any atom is 0.311 e. The quantitative estimate of drug-likeness (QED) is 0.647. The monoisotopic (exact) mass is 266 g/mol. The number of aromatic nitrogens is 2. The zero-order chi connectivity index (χ0) is 13.1. The molecule has 0 aromatic carbocycles. The summed E-state index contributed by atoms with van der Waals surface area (Å²) in [5.74, 6) is 0.201. The summed E-state index contributed by atoms with van der Waals surface area (Å²) in [6.07, 6.45) is 0. The van der Waals surface area contributed by atoms with Crippen LogP contribution in [0.25, 0.3) is 0 Å². The molecule has 2 aromatic heterocycles. The lowest BCUT2D eigenvalue weighted by molar-refractivity contribution is -0.384. The Morgan fingerprint density at radius 1 is 1.56 bits per heavy atom. The second-order valence-corrected chi connectivity index (χ2v) is 4.45. The molecule has 0 aliphatic carbocycles. The molecule has 2 N–H and O–H groups in total. The maximum absolute atomic E-state index is 10.9. The van der Waals surface area contributed by atoms with Crippen molar-refractivity contribution in [2.45, 2.75) is 13.5 Å². The molecule has 0 amide bonds. The first-order valence-electron chi connectivity index (χ1n) is 5.09. The number of rotatable bonds is 4. The SMILES string of the molecule is Cc1ccc([N+](=O)[O-])c(NCc2csc(=O)[nH]2)n1. The lowest BCUT2D eigenvalue weighted by Crippen LogP contribution is -2.07. The van der Waals surface area contributed by atoms with Crippen LogP contribution < -0.4 is 10.2 Å². The van der Waals surface area contributed by atoms with Crippen LogP contribution in [0.15, 0.2) is 22.3 Å². The minimum Gasteiger partial charge on any atom is -0.359 e. The van der Waals surface area contributed by atoms with E-state index in [0.717, 1.165) is 11.3 Å². The van der Waals surface area contributed by atoms with E-state index in [1.165, 1.54) is 6.07 Å². The number of hydrogen-bond acceptors (Lipinski definition) is 6. The summed E-state index contributed by atoms with van der Waals surface area (Å²) in [4.78, 5) is 27.8. The largest absolute Gasteiger partial charge is 0.359 e. The maximum atomic E-state index is 10.9. The third-order valence-electron chi connectivity index (χ3n) is 2.23. The molecule has 0 saturated carbocycles. The van der Waals surface area contributed by atoms with E-state index in [2.05, 4.69) is 15.3 Å². The highest BCUT2D eigenvalue weighted by molar-refractivity contribution is 7.07. The van der Waals surface area contributed by atoms with E-state index < -0.39 is 4.92 Å². The molecular weight excluding hydrogens is 256 g/mol. The first-order chi connectivity index (χ1) is 8.56. The van der Waals surface area contributed by atoms with Crippen molar-refractivity contribution in [3.05, 3.63) is 48.7 Å². The number of nitrogens with zero attached hydrogens (tertiary/aromatic N) is 2. The molecule has 94 valence electrons. The highest BCUT2D eigenvalue weighted by Gasteiger charge is 2.14. The van der Waals surface area contributed by atoms with Crippen molar-refractivity contribution in [3.63, 3.8) is 0 Å². The smallest absolute Gasteiger partial charge is 0.311 e. The molecule has 8 heteroatoms. The van der Waals surface area contributed by atoms with Crippen molar-refractivity contribution in [2.24, 2.45) is 0 Å². The number of pyridine rings is 1. The van der Waals surface area contributed by atoms with Gasteiger partial charge in [0.2, 0.25) is 5.82 Å². The van der Waals surface area contributed by atoms with Crippen LogP contribution in [0.3, 0.4) is 0 Å². The second kappa shape index (κ2) is 4.96. The summed E-state index contributed by atoms with van der Waals surface area (Å²) < 4.78 is 0. The zero-order valence-electron chi connectivity index (χ0n) is 9.47. The van der Waals surface area contributed by atoms with Crippen molar-refractivity contribution < 1.29 is 4.92 Å². The van der Waals surface area contributed by atoms with Gasteiger partial charge in [0, 0.05) is 22.8 Å². The van der Waals surface area contributed by atoms with Crippen LogP contribution in [0.5, 0.6) is 0 Å². The number of thiazole rings is 1. The van der Waals surface area contributed by atoms with Crippen molar-refractivity contribution in [1.29, 1.82) is 0 Å². The highest BCUT2D eigenvalue weighted by atomic mass is 32.1. The van der Waals surface area contributed by atoms with Crippen molar-refractivity contribution in [2.75, 3.05) is 5.32 Å². The summed E-state index contributed by atoms with van der Waals surface area (Å²) in [7, 11) is 0. The van der Waals surface area contributed by atoms with Gasteiger partial charge in [0.25, 0.3) is 0 Å². The Bertz CT molecular complexity index is 634. The van der Waals surface area contributed by atoms with Gasteiger partial charge in [0.05, 0.1) is 11.5 Å². The molecule has 2 aromatic rings. The number of nitrogens with one attached hydrogen (secondary N) is 2. The fraction of sp³-hybridized carbons (Fsp3) is 0.200. The van der Waals surface area contributed by atoms with Crippen LogP contribution in [0.4, 0.5) is 11.5 Å². The minimum atomic E-state index is -0.495. The third kappa shape index (κ3) is 2.72. The van der Waals surface area contributed by atoms with E-state index in [0.29, 0.717) is 11.4 Å². The molecule has 0 bridgehead atoms. The Morgan fingerprint density at radius 3 is 2.94 bits per heavy atom. The van der Waals surface area contributed by atoms with Crippen LogP contribution in [-0.4, -0.2) is 14.9 Å². The molecule has 18 heavy (non-hydrogen) atoms. The van der Waals surface area contributed by atoms with E-state index in [1.807, 2.05) is 0 Å². The van der Waals surface area contributed by atoms with Gasteiger partial charge in [-0.25, -0.2) is 4.98 Å². The van der Waals surface area contributed by atoms with Gasteiger partial charge in [-0.15, -0.1) is 0 Å². The molecule has 0 saturated heterocycles. The first-order valence-corrected chi connectivity index (χ1v) is 5.97. The number of aryl methyl sites for hydroxylation is 1. The Labute approximate surface area is 106 Å². The van der Waals surface area contributed by atoms with Crippen LogP contribution in [0.2, 0.25) is 0 Å². The highest BCUT2D eigenvalue weighted by Crippen LogP contribution is 2.22. The molecule has 0 unspecified atom stereocenters. The van der Waals surface area contributed by atoms with E-state index in [-0.39, 0.29) is 22.9 Å². The minimum absolute atomic E-state index is 0.0850. The lowest BCUT2D eigenvalue weighted by atomic mass is 10.3. The molecule has 2 heterocycles. The van der Waals surface area contributed by atoms with E-state index in [1.54, 1.807) is 18.4 Å². The topological polar surface area (TPSA) is 101 Å². The second-order valence-electron chi connectivity index (χ2n) is 3.60. The van der Waals surface area contributed by atoms with E-state index >= 15 is 0 Å². The van der Waals surface area contributed by atoms with Gasteiger partial charge in [0.1, 0.15) is 0 Å². The fourth-order valence-electron chi connectivity index (χ4n) is 1.41. The number of hydrogen-bond donors (Lipinski definition) is 2. The molecule has 0 fully saturated rings. The van der Waals surface area contributed by atoms with Crippen LogP contribution in [0, 0.1) is 17.0 Å². The standard InChI is InChI=1S/C10H10N4O3S/c1-6-2-3-8(14(16)17)9(12-6)11-4-7-5-18-10(15)13-7/h2-3,5H,4H2,1H3,(H,11,12)(H,13,15). The van der Waals surface area contributed by atoms with Gasteiger partial charge >= 0.3 is 10.6 Å². The van der Waals surface area contributed by atoms with Gasteiger partial charge in [-0.05, 0) is 13.0 Å². The predicted molar refractivity (Wildman–Crippen MR) is 67.9 cm³/mol. The molecule has 0 aliphatic heterocycles. The molecule has 7 nitrogen and oxygen atoms in total. The zero-order valence-corrected chi connectivity index (χ0v) is 10.3. The van der Waals surface area contributed by atoms with Crippen molar-refractivity contribution >= 4 is 22.8 Å². The Balaban J connectivity index is 2.20. The third-order valence-corrected chi connectivity index (χ3v) is 2.95. The summed E-state index contributed by atoms with van der Waals surface area (Å²) in [5.41, 5.74) is 1.27. The van der Waals surface area contributed by atoms with E-state index in [9.17, 15) is 14.9 Å². The van der Waals surface area contributed by atoms with Gasteiger partial charge in [0.15, 0.2) is 0 Å². The fourth-order valence-corrected chi connectivity index (χ4v) is 1.99. The van der Waals surface area contributed by atoms with Gasteiger partial charge in [-0.2, -0.15) is 0 Å². The predicted octanol–water partition coefficient (Wildman–Crippen LogP) is 1.66. The van der Waals surface area contributed by atoms with Crippen molar-refractivity contribution in [1.82, 2.24) is 9.97 Å². The Hall–Kier alpha value is -2.22. The van der Waals surface area contributed by atoms with Crippen LogP contribution in [-0.2, 0) is 6.54 Å². The average molecular weight is 266 g/mol. The summed E-state index contributed by atoms with van der Waals surface area (Å²) >= 11 is 1.05. The molecule has 0 spiro atoms. The normalized spacial score (nSPS) is 10.3. The van der Waals surface area contributed by atoms with Crippen LogP contribution >= 0.6 is 11.3 Å². The van der Waals surface area contributed by atoms with E-state index in [4.69, 9.17) is 0 Å². The Kier molecular flexibility index (Phi) is 3.38. The molecule has 2 rings (SSSR count). The van der Waals surface area contributed by atoms with Gasteiger partial charge in [-0.3, -0.25) is 14.9 Å². The molecule has 0 radical (unpaired) electrons. The van der Waals surface area contributed by atoms with Gasteiger partial charge in [-0.1, -0.05) is 11.3 Å². The van der Waals surface area contributed by atoms with Gasteiger partial charge < -0.3 is 10.3 Å². The summed E-state index contributed by atoms with van der Waals surface area (Å²) in [5, 5.41) is 15.3. The lowest BCUT2D eigenvalue weighted by Gasteiger charge is -2.05. The summed E-state index contributed by atoms with van der Waals surface area (Å²) in [6.45, 7) is 2.04. The molecule has 0 aliphatic rings. The first kappa shape index (κ1) is 12.2. The van der Waals surface area contributed by atoms with Crippen molar-refractivity contribution in [3.8, 4) is 0 Å². The number of aromatic amines is 1.